The van der Waals surface area contributed by atoms with Crippen LogP contribution in [-0.4, -0.2) is 75.8 Å². The van der Waals surface area contributed by atoms with Gasteiger partial charge in [-0.05, 0) is 42.4 Å². The van der Waals surface area contributed by atoms with Gasteiger partial charge in [0, 0.05) is 56.6 Å². The second-order valence-corrected chi connectivity index (χ2v) is 9.00. The summed E-state index contributed by atoms with van der Waals surface area (Å²) in [5.74, 6) is 0.384. The van der Waals surface area contributed by atoms with Crippen molar-refractivity contribution in [3.8, 4) is 0 Å². The molecule has 4 atom stereocenters. The first kappa shape index (κ1) is 19.7. The average Bonchev–Trinajstić information content (AvgIpc) is 3.34. The molecule has 30 heavy (non-hydrogen) atoms. The van der Waals surface area contributed by atoms with Gasteiger partial charge in [0.15, 0.2) is 0 Å². The summed E-state index contributed by atoms with van der Waals surface area (Å²) in [4.78, 5) is 21.0. The highest BCUT2D eigenvalue weighted by Crippen LogP contribution is 2.69. The third-order valence-corrected chi connectivity index (χ3v) is 7.60. The third kappa shape index (κ3) is 3.14. The molecule has 2 aromatic rings. The summed E-state index contributed by atoms with van der Waals surface area (Å²) in [7, 11) is 0. The number of pyridine rings is 1. The molecule has 6 heteroatoms. The molecule has 3 aliphatic rings. The van der Waals surface area contributed by atoms with Crippen molar-refractivity contribution in [2.24, 2.45) is 11.3 Å². The van der Waals surface area contributed by atoms with Gasteiger partial charge in [0.2, 0.25) is 0 Å². The first-order valence-corrected chi connectivity index (χ1v) is 10.9. The van der Waals surface area contributed by atoms with Crippen LogP contribution < -0.4 is 0 Å². The molecule has 0 unspecified atom stereocenters. The molecular formula is C24H29N3O3. The Morgan fingerprint density at radius 1 is 1.13 bits per heavy atom. The number of hydrogen-bond donors (Lipinski definition) is 2. The van der Waals surface area contributed by atoms with E-state index < -0.39 is 6.10 Å². The number of amides is 1. The Morgan fingerprint density at radius 2 is 1.90 bits per heavy atom. The van der Waals surface area contributed by atoms with Gasteiger partial charge in [0.25, 0.3) is 5.91 Å². The number of piperidine rings is 1. The molecule has 5 rings (SSSR count). The zero-order valence-electron chi connectivity index (χ0n) is 17.1. The van der Waals surface area contributed by atoms with Crippen LogP contribution >= 0.6 is 0 Å². The summed E-state index contributed by atoms with van der Waals surface area (Å²) in [5.41, 5.74) is 1.62. The fourth-order valence-corrected chi connectivity index (χ4v) is 5.99. The number of carbonyl (C=O) groups is 1. The van der Waals surface area contributed by atoms with Gasteiger partial charge in [0.1, 0.15) is 0 Å². The van der Waals surface area contributed by atoms with Crippen molar-refractivity contribution in [2.45, 2.75) is 30.9 Å². The lowest BCUT2D eigenvalue weighted by Gasteiger charge is -2.36. The molecule has 2 aliphatic heterocycles. The number of β-amino-alcohol motifs (C(OH)–C–C–N with tert-alkyl or cyclic N) is 1. The topological polar surface area (TPSA) is 76.9 Å². The zero-order valence-corrected chi connectivity index (χ0v) is 17.1. The van der Waals surface area contributed by atoms with E-state index in [0.29, 0.717) is 18.2 Å². The lowest BCUT2D eigenvalue weighted by atomic mass is 9.95. The Kier molecular flexibility index (Phi) is 5.09. The predicted octanol–water partition coefficient (Wildman–Crippen LogP) is 1.75. The van der Waals surface area contributed by atoms with E-state index in [-0.39, 0.29) is 29.8 Å². The summed E-state index contributed by atoms with van der Waals surface area (Å²) < 4.78 is 0. The summed E-state index contributed by atoms with van der Waals surface area (Å²) in [6.07, 6.45) is 4.71. The number of aliphatic hydroxyl groups excluding tert-OH is 2. The molecule has 6 nitrogen and oxygen atoms in total. The molecule has 2 N–H and O–H groups in total. The lowest BCUT2D eigenvalue weighted by Crippen LogP contribution is -2.46. The Morgan fingerprint density at radius 3 is 2.57 bits per heavy atom. The van der Waals surface area contributed by atoms with Crippen LogP contribution in [0, 0.1) is 11.3 Å². The van der Waals surface area contributed by atoms with Crippen LogP contribution in [-0.2, 0) is 0 Å². The Hall–Kier alpha value is -2.28. The van der Waals surface area contributed by atoms with Crippen LogP contribution in [0.15, 0.2) is 54.9 Å². The maximum absolute atomic E-state index is 12.7. The van der Waals surface area contributed by atoms with Crippen LogP contribution in [0.5, 0.6) is 0 Å². The van der Waals surface area contributed by atoms with Gasteiger partial charge >= 0.3 is 0 Å². The maximum Gasteiger partial charge on any atom is 0.255 e. The largest absolute Gasteiger partial charge is 0.396 e. The summed E-state index contributed by atoms with van der Waals surface area (Å²) in [5, 5.41) is 21.0. The molecule has 1 amide bonds. The molecule has 158 valence electrons. The predicted molar refractivity (Wildman–Crippen MR) is 113 cm³/mol. The average molecular weight is 408 g/mol. The highest BCUT2D eigenvalue weighted by atomic mass is 16.3. The normalized spacial score (nSPS) is 31.9. The second-order valence-electron chi connectivity index (χ2n) is 9.00. The molecular weight excluding hydrogens is 378 g/mol. The SMILES string of the molecule is O=C(c1cccnc1)N1CCC(N2C[C@H](O)[C@@]3(C2)[C@H](CO)[C@H]3c2ccccc2)CC1. The molecule has 3 fully saturated rings. The number of rotatable bonds is 4. The van der Waals surface area contributed by atoms with Crippen LogP contribution in [0.4, 0.5) is 0 Å². The number of benzene rings is 1. The van der Waals surface area contributed by atoms with E-state index in [2.05, 4.69) is 22.0 Å². The molecule has 1 aromatic carbocycles. The van der Waals surface area contributed by atoms with Crippen molar-refractivity contribution in [1.82, 2.24) is 14.8 Å². The zero-order chi connectivity index (χ0) is 20.7. The van der Waals surface area contributed by atoms with E-state index in [1.807, 2.05) is 29.2 Å². The van der Waals surface area contributed by atoms with Gasteiger partial charge in [-0.3, -0.25) is 14.7 Å². The van der Waals surface area contributed by atoms with Gasteiger partial charge in [-0.25, -0.2) is 0 Å². The monoisotopic (exact) mass is 407 g/mol. The van der Waals surface area contributed by atoms with Crippen molar-refractivity contribution in [1.29, 1.82) is 0 Å². The molecule has 3 heterocycles. The Bertz CT molecular complexity index is 885. The minimum Gasteiger partial charge on any atom is -0.396 e. The standard InChI is InChI=1S/C24H29N3O3/c28-15-20-22(17-5-2-1-3-6-17)24(20)16-27(14-21(24)29)19-8-11-26(12-9-19)23(30)18-7-4-10-25-13-18/h1-7,10,13,19-22,28-29H,8-9,11-12,14-16H2/t20-,21+,22-,24-/m1/s1. The quantitative estimate of drug-likeness (QED) is 0.808. The lowest BCUT2D eigenvalue weighted by molar-refractivity contribution is 0.0627. The van der Waals surface area contributed by atoms with Crippen molar-refractivity contribution >= 4 is 5.91 Å². The second kappa shape index (κ2) is 7.76. The first-order valence-electron chi connectivity index (χ1n) is 10.9. The van der Waals surface area contributed by atoms with Crippen LogP contribution in [0.3, 0.4) is 0 Å². The molecule has 1 saturated carbocycles. The minimum atomic E-state index is -0.421. The number of aromatic nitrogens is 1. The summed E-state index contributed by atoms with van der Waals surface area (Å²) >= 11 is 0. The third-order valence-electron chi connectivity index (χ3n) is 7.60. The van der Waals surface area contributed by atoms with E-state index in [4.69, 9.17) is 0 Å². The van der Waals surface area contributed by atoms with Crippen LogP contribution in [0.2, 0.25) is 0 Å². The van der Waals surface area contributed by atoms with E-state index in [0.717, 1.165) is 32.5 Å². The smallest absolute Gasteiger partial charge is 0.255 e. The van der Waals surface area contributed by atoms with Gasteiger partial charge in [-0.1, -0.05) is 30.3 Å². The van der Waals surface area contributed by atoms with E-state index in [9.17, 15) is 15.0 Å². The minimum absolute atomic E-state index is 0.0474. The van der Waals surface area contributed by atoms with Crippen molar-refractivity contribution in [3.63, 3.8) is 0 Å². The van der Waals surface area contributed by atoms with Gasteiger partial charge in [-0.2, -0.15) is 0 Å². The number of likely N-dealkylation sites (tertiary alicyclic amines) is 2. The maximum atomic E-state index is 12.7. The van der Waals surface area contributed by atoms with Gasteiger partial charge in [0.05, 0.1) is 11.7 Å². The first-order chi connectivity index (χ1) is 14.6. The Labute approximate surface area is 177 Å². The molecule has 1 aromatic heterocycles. The molecule has 0 bridgehead atoms. The van der Waals surface area contributed by atoms with Gasteiger partial charge < -0.3 is 15.1 Å². The van der Waals surface area contributed by atoms with E-state index in [1.54, 1.807) is 18.5 Å². The number of carbonyl (C=O) groups excluding carboxylic acids is 1. The van der Waals surface area contributed by atoms with Crippen molar-refractivity contribution in [2.75, 3.05) is 32.8 Å². The van der Waals surface area contributed by atoms with E-state index >= 15 is 0 Å². The highest BCUT2D eigenvalue weighted by molar-refractivity contribution is 5.93. The Balaban J connectivity index is 1.24. The molecule has 2 saturated heterocycles. The molecule has 0 radical (unpaired) electrons. The summed E-state index contributed by atoms with van der Waals surface area (Å²) in [6, 6.07) is 14.3. The fraction of sp³-hybridized carbons (Fsp3) is 0.500. The fourth-order valence-electron chi connectivity index (χ4n) is 5.99. The van der Waals surface area contributed by atoms with Crippen LogP contribution in [0.1, 0.15) is 34.7 Å². The summed E-state index contributed by atoms with van der Waals surface area (Å²) in [6.45, 7) is 3.04. The number of aliphatic hydroxyl groups is 2. The van der Waals surface area contributed by atoms with Crippen molar-refractivity contribution in [3.05, 3.63) is 66.0 Å². The highest BCUT2D eigenvalue weighted by Gasteiger charge is 2.71. The molecule has 1 spiro atoms. The molecule has 1 aliphatic carbocycles. The van der Waals surface area contributed by atoms with E-state index in [1.165, 1.54) is 5.56 Å². The van der Waals surface area contributed by atoms with Gasteiger partial charge in [-0.15, -0.1) is 0 Å². The number of hydrogen-bond acceptors (Lipinski definition) is 5. The van der Waals surface area contributed by atoms with Crippen molar-refractivity contribution < 1.29 is 15.0 Å². The number of nitrogens with zero attached hydrogens (tertiary/aromatic N) is 3. The van der Waals surface area contributed by atoms with Crippen LogP contribution in [0.25, 0.3) is 0 Å².